The fourth-order valence-electron chi connectivity index (χ4n) is 6.26. The molecule has 3 saturated heterocycles. The molecule has 14 heteroatoms. The number of anilines is 2. The van der Waals surface area contributed by atoms with E-state index >= 15 is 4.39 Å². The number of piperidine rings is 1. The number of carbonyl (C=O) groups excluding carboxylic acids is 2. The summed E-state index contributed by atoms with van der Waals surface area (Å²) in [7, 11) is 1.62. The molecule has 4 heterocycles. The molecule has 4 atom stereocenters. The largest absolute Gasteiger partial charge is 0.367 e. The second-order valence-electron chi connectivity index (χ2n) is 11.4. The summed E-state index contributed by atoms with van der Waals surface area (Å²) in [5.41, 5.74) is 6.21. The van der Waals surface area contributed by atoms with Gasteiger partial charge >= 0.3 is 0 Å². The topological polar surface area (TPSA) is 140 Å². The molecule has 4 unspecified atom stereocenters. The van der Waals surface area contributed by atoms with Crippen molar-refractivity contribution < 1.29 is 18.4 Å². The van der Waals surface area contributed by atoms with Gasteiger partial charge in [-0.15, -0.1) is 4.91 Å². The highest BCUT2D eigenvalue weighted by Crippen LogP contribution is 2.34. The predicted octanol–water partition coefficient (Wildman–Crippen LogP) is 0.549. The fourth-order valence-corrected chi connectivity index (χ4v) is 6.26. The van der Waals surface area contributed by atoms with Gasteiger partial charge in [-0.05, 0) is 32.7 Å². The molecule has 1 aliphatic carbocycles. The van der Waals surface area contributed by atoms with Gasteiger partial charge in [0.25, 0.3) is 0 Å². The molecule has 40 heavy (non-hydrogen) atoms. The number of nitrogens with two attached hydrogens (primary N) is 1. The van der Waals surface area contributed by atoms with Crippen LogP contribution in [0, 0.1) is 22.6 Å². The summed E-state index contributed by atoms with van der Waals surface area (Å²) in [6, 6.07) is 0.702. The van der Waals surface area contributed by atoms with Crippen molar-refractivity contribution in [1.82, 2.24) is 25.0 Å². The lowest BCUT2D eigenvalue weighted by Crippen LogP contribution is -2.62. The van der Waals surface area contributed by atoms with E-state index in [1.54, 1.807) is 11.9 Å². The quantitative estimate of drug-likeness (QED) is 0.387. The number of nitrogens with one attached hydrogen (secondary N) is 2. The Morgan fingerprint density at radius 2 is 1.82 bits per heavy atom. The molecule has 3 aliphatic heterocycles. The number of nitroso groups, excluding NO2 is 1. The van der Waals surface area contributed by atoms with Gasteiger partial charge in [0.2, 0.25) is 11.8 Å². The Hall–Kier alpha value is -2.81. The van der Waals surface area contributed by atoms with Crippen molar-refractivity contribution in [3.8, 4) is 0 Å². The fraction of sp³-hybridized carbons (Fsp3) is 0.731. The third-order valence-corrected chi connectivity index (χ3v) is 8.62. The first-order valence-corrected chi connectivity index (χ1v) is 14.1. The van der Waals surface area contributed by atoms with E-state index in [1.165, 1.54) is 19.0 Å². The number of aromatic nitrogens is 1. The van der Waals surface area contributed by atoms with Crippen LogP contribution in [0.5, 0.6) is 0 Å². The van der Waals surface area contributed by atoms with Crippen LogP contribution in [0.1, 0.15) is 25.7 Å². The van der Waals surface area contributed by atoms with E-state index in [-0.39, 0.29) is 36.3 Å². The van der Waals surface area contributed by atoms with Crippen molar-refractivity contribution in [2.24, 2.45) is 22.7 Å². The van der Waals surface area contributed by atoms with Crippen molar-refractivity contribution in [2.45, 2.75) is 50.2 Å². The molecule has 1 aromatic rings. The highest BCUT2D eigenvalue weighted by Gasteiger charge is 2.41. The van der Waals surface area contributed by atoms with Crippen LogP contribution < -0.4 is 21.3 Å². The van der Waals surface area contributed by atoms with E-state index in [2.05, 4.69) is 25.7 Å². The summed E-state index contributed by atoms with van der Waals surface area (Å²) >= 11 is 0. The van der Waals surface area contributed by atoms with Gasteiger partial charge in [-0.1, -0.05) is 5.18 Å². The molecule has 0 bridgehead atoms. The summed E-state index contributed by atoms with van der Waals surface area (Å²) in [5, 5.41) is 8.47. The highest BCUT2D eigenvalue weighted by atomic mass is 19.1. The molecule has 4 N–H and O–H groups in total. The normalized spacial score (nSPS) is 26.8. The van der Waals surface area contributed by atoms with Gasteiger partial charge in [-0.25, -0.2) is 8.78 Å². The van der Waals surface area contributed by atoms with Gasteiger partial charge in [0, 0.05) is 64.3 Å². The Balaban J connectivity index is 1.23. The number of hydrogen-bond acceptors (Lipinski definition) is 10. The SMILES string of the molecule is CN1CC(F)CNC1C(C(=O)Nc1cncc(F)c1N1CCC(C(=O)N2CCN(C3CC3)CC2)CC1)C(N)N=O. The Bertz CT molecular complexity index is 1080. The standard InChI is InChI=1S/C26H39F2N9O3/c1-34-15-17(27)12-31-24(34)21(23(29)33-40)25(38)32-20-14-30-13-19(28)22(20)36-6-4-16(5-7-36)26(39)37-10-8-35(9-11-37)18-2-3-18/h13-14,16-18,21,23-24,31H,2-12,15,29H2,1H3,(H,32,38). The van der Waals surface area contributed by atoms with Crippen molar-refractivity contribution >= 4 is 23.2 Å². The number of piperazine rings is 1. The van der Waals surface area contributed by atoms with Crippen LogP contribution in [0.2, 0.25) is 0 Å². The summed E-state index contributed by atoms with van der Waals surface area (Å²) in [6.45, 7) is 4.28. The van der Waals surface area contributed by atoms with Crippen LogP contribution >= 0.6 is 0 Å². The van der Waals surface area contributed by atoms with Crippen molar-refractivity contribution in [3.63, 3.8) is 0 Å². The summed E-state index contributed by atoms with van der Waals surface area (Å²) in [4.78, 5) is 49.7. The third-order valence-electron chi connectivity index (χ3n) is 8.62. The Morgan fingerprint density at radius 1 is 1.12 bits per heavy atom. The molecule has 5 rings (SSSR count). The van der Waals surface area contributed by atoms with Crippen LogP contribution in [0.15, 0.2) is 17.6 Å². The molecular formula is C26H39F2N9O3. The molecule has 1 saturated carbocycles. The molecule has 0 aromatic carbocycles. The van der Waals surface area contributed by atoms with Gasteiger partial charge in [0.05, 0.1) is 24.2 Å². The zero-order chi connectivity index (χ0) is 28.4. The Morgan fingerprint density at radius 3 is 2.45 bits per heavy atom. The Labute approximate surface area is 232 Å². The average molecular weight is 564 g/mol. The maximum atomic E-state index is 15.1. The zero-order valence-electron chi connectivity index (χ0n) is 22.8. The average Bonchev–Trinajstić information content (AvgIpc) is 3.80. The second kappa shape index (κ2) is 12.4. The minimum atomic E-state index is -1.41. The smallest absolute Gasteiger partial charge is 0.234 e. The predicted molar refractivity (Wildman–Crippen MR) is 146 cm³/mol. The molecule has 0 radical (unpaired) electrons. The van der Waals surface area contributed by atoms with E-state index in [4.69, 9.17) is 5.73 Å². The summed E-state index contributed by atoms with van der Waals surface area (Å²) in [5.74, 6) is -2.38. The third kappa shape index (κ3) is 6.24. The number of amides is 2. The zero-order valence-corrected chi connectivity index (χ0v) is 22.8. The second-order valence-corrected chi connectivity index (χ2v) is 11.4. The van der Waals surface area contributed by atoms with Crippen LogP contribution in [0.25, 0.3) is 0 Å². The highest BCUT2D eigenvalue weighted by molar-refractivity contribution is 5.96. The van der Waals surface area contributed by atoms with Gasteiger partial charge in [-0.2, -0.15) is 0 Å². The number of halogens is 2. The van der Waals surface area contributed by atoms with Gasteiger partial charge in [0.15, 0.2) is 12.0 Å². The number of hydrogen-bond donors (Lipinski definition) is 3. The number of pyridine rings is 1. The van der Waals surface area contributed by atoms with E-state index in [0.717, 1.165) is 32.4 Å². The molecular weight excluding hydrogens is 524 g/mol. The summed E-state index contributed by atoms with van der Waals surface area (Å²) < 4.78 is 29.0. The minimum Gasteiger partial charge on any atom is -0.367 e. The van der Waals surface area contributed by atoms with Gasteiger partial charge in [0.1, 0.15) is 17.8 Å². The van der Waals surface area contributed by atoms with E-state index < -0.39 is 36.1 Å². The maximum Gasteiger partial charge on any atom is 0.234 e. The number of nitrogens with zero attached hydrogens (tertiary/aromatic N) is 6. The van der Waals surface area contributed by atoms with Crippen molar-refractivity contribution in [2.75, 3.05) is 69.6 Å². The van der Waals surface area contributed by atoms with Crippen LogP contribution in [0.3, 0.4) is 0 Å². The van der Waals surface area contributed by atoms with Crippen LogP contribution in [-0.2, 0) is 9.59 Å². The van der Waals surface area contributed by atoms with Crippen LogP contribution in [-0.4, -0.2) is 115 Å². The first-order chi connectivity index (χ1) is 19.3. The number of rotatable bonds is 8. The number of alkyl halides is 1. The van der Waals surface area contributed by atoms with E-state index in [0.29, 0.717) is 32.0 Å². The molecule has 220 valence electrons. The monoisotopic (exact) mass is 563 g/mol. The van der Waals surface area contributed by atoms with Crippen molar-refractivity contribution in [1.29, 1.82) is 0 Å². The Kier molecular flexibility index (Phi) is 8.88. The van der Waals surface area contributed by atoms with E-state index in [9.17, 15) is 18.9 Å². The lowest BCUT2D eigenvalue weighted by atomic mass is 9.94. The van der Waals surface area contributed by atoms with Gasteiger partial charge in [-0.3, -0.25) is 29.7 Å². The molecule has 0 spiro atoms. The van der Waals surface area contributed by atoms with Crippen LogP contribution in [0.4, 0.5) is 20.2 Å². The lowest BCUT2D eigenvalue weighted by Gasteiger charge is -2.40. The minimum absolute atomic E-state index is 0.000994. The number of carbonyl (C=O) groups is 2. The first-order valence-electron chi connectivity index (χ1n) is 14.1. The maximum absolute atomic E-state index is 15.1. The molecule has 4 aliphatic rings. The molecule has 12 nitrogen and oxygen atoms in total. The van der Waals surface area contributed by atoms with Crippen molar-refractivity contribution in [3.05, 3.63) is 23.1 Å². The lowest BCUT2D eigenvalue weighted by molar-refractivity contribution is -0.138. The molecule has 1 aromatic heterocycles. The van der Waals surface area contributed by atoms with Gasteiger partial charge < -0.3 is 20.9 Å². The molecule has 2 amide bonds. The summed E-state index contributed by atoms with van der Waals surface area (Å²) in [6.07, 6.45) is 2.81. The van der Waals surface area contributed by atoms with E-state index in [1.807, 2.05) is 9.80 Å². The molecule has 4 fully saturated rings. The first kappa shape index (κ1) is 28.7.